The van der Waals surface area contributed by atoms with Crippen LogP contribution in [0.15, 0.2) is 42.5 Å². The molecule has 0 fully saturated rings. The summed E-state index contributed by atoms with van der Waals surface area (Å²) >= 11 is 0. The summed E-state index contributed by atoms with van der Waals surface area (Å²) in [5.41, 5.74) is 9.95. The molecule has 0 saturated carbocycles. The molecule has 0 saturated heterocycles. The van der Waals surface area contributed by atoms with Crippen molar-refractivity contribution < 1.29 is 4.79 Å². The molecule has 0 atom stereocenters. The normalized spacial score (nSPS) is 9.58. The number of benzene rings is 2. The van der Waals surface area contributed by atoms with Gasteiger partial charge >= 0.3 is 0 Å². The SMILES string of the molecule is Cc1cc(C)c(NC(=O)c2ccccc2)cc1N.Cl. The van der Waals surface area contributed by atoms with Crippen LogP contribution in [0.25, 0.3) is 0 Å². The number of halogens is 1. The van der Waals surface area contributed by atoms with Gasteiger partial charge in [-0.25, -0.2) is 0 Å². The largest absolute Gasteiger partial charge is 0.398 e. The second-order valence-electron chi connectivity index (χ2n) is 4.34. The van der Waals surface area contributed by atoms with E-state index < -0.39 is 0 Å². The van der Waals surface area contributed by atoms with Crippen molar-refractivity contribution in [2.45, 2.75) is 13.8 Å². The number of rotatable bonds is 2. The summed E-state index contributed by atoms with van der Waals surface area (Å²) in [4.78, 5) is 12.0. The van der Waals surface area contributed by atoms with Crippen LogP contribution in [0.3, 0.4) is 0 Å². The van der Waals surface area contributed by atoms with Crippen molar-refractivity contribution in [3.05, 3.63) is 59.2 Å². The summed E-state index contributed by atoms with van der Waals surface area (Å²) in [6, 6.07) is 12.9. The van der Waals surface area contributed by atoms with E-state index in [1.54, 1.807) is 18.2 Å². The maximum atomic E-state index is 12.0. The zero-order valence-corrected chi connectivity index (χ0v) is 11.8. The van der Waals surface area contributed by atoms with E-state index >= 15 is 0 Å². The van der Waals surface area contributed by atoms with Gasteiger partial charge in [0.25, 0.3) is 5.91 Å². The first-order chi connectivity index (χ1) is 8.58. The van der Waals surface area contributed by atoms with Crippen LogP contribution in [0.4, 0.5) is 11.4 Å². The molecule has 0 spiro atoms. The highest BCUT2D eigenvalue weighted by atomic mass is 35.5. The fourth-order valence-electron chi connectivity index (χ4n) is 1.79. The predicted molar refractivity (Wildman–Crippen MR) is 82.0 cm³/mol. The molecule has 2 rings (SSSR count). The minimum absolute atomic E-state index is 0. The van der Waals surface area contributed by atoms with Crippen molar-refractivity contribution in [3.63, 3.8) is 0 Å². The van der Waals surface area contributed by atoms with E-state index in [-0.39, 0.29) is 18.3 Å². The Morgan fingerprint density at radius 1 is 1.05 bits per heavy atom. The third-order valence-electron chi connectivity index (χ3n) is 2.90. The minimum Gasteiger partial charge on any atom is -0.398 e. The van der Waals surface area contributed by atoms with Gasteiger partial charge in [0.2, 0.25) is 0 Å². The van der Waals surface area contributed by atoms with E-state index in [1.165, 1.54) is 0 Å². The summed E-state index contributed by atoms with van der Waals surface area (Å²) in [6.45, 7) is 3.90. The fourth-order valence-corrected chi connectivity index (χ4v) is 1.79. The Balaban J connectivity index is 0.00000180. The number of nitrogens with two attached hydrogens (primary N) is 1. The summed E-state index contributed by atoms with van der Waals surface area (Å²) in [6.07, 6.45) is 0. The second kappa shape index (κ2) is 6.25. The van der Waals surface area contributed by atoms with Crippen LogP contribution in [-0.2, 0) is 0 Å². The Morgan fingerprint density at radius 2 is 1.68 bits per heavy atom. The molecule has 3 nitrogen and oxygen atoms in total. The number of amides is 1. The molecule has 0 heterocycles. The van der Waals surface area contributed by atoms with Gasteiger partial charge in [-0.3, -0.25) is 4.79 Å². The molecule has 2 aromatic carbocycles. The van der Waals surface area contributed by atoms with Gasteiger partial charge < -0.3 is 11.1 Å². The van der Waals surface area contributed by atoms with E-state index in [0.29, 0.717) is 11.3 Å². The second-order valence-corrected chi connectivity index (χ2v) is 4.34. The van der Waals surface area contributed by atoms with Crippen molar-refractivity contribution >= 4 is 29.7 Å². The van der Waals surface area contributed by atoms with Gasteiger partial charge in [0.1, 0.15) is 0 Å². The van der Waals surface area contributed by atoms with E-state index in [4.69, 9.17) is 5.73 Å². The topological polar surface area (TPSA) is 55.1 Å². The molecular formula is C15H17ClN2O. The van der Waals surface area contributed by atoms with Crippen LogP contribution in [0.1, 0.15) is 21.5 Å². The van der Waals surface area contributed by atoms with Crippen molar-refractivity contribution in [1.29, 1.82) is 0 Å². The number of carbonyl (C=O) groups excluding carboxylic acids is 1. The summed E-state index contributed by atoms with van der Waals surface area (Å²) in [5.74, 6) is -0.123. The van der Waals surface area contributed by atoms with Gasteiger partial charge in [-0.15, -0.1) is 12.4 Å². The quantitative estimate of drug-likeness (QED) is 0.824. The van der Waals surface area contributed by atoms with Crippen LogP contribution in [0, 0.1) is 13.8 Å². The van der Waals surface area contributed by atoms with Gasteiger partial charge in [0.05, 0.1) is 0 Å². The average Bonchev–Trinajstić information content (AvgIpc) is 2.37. The van der Waals surface area contributed by atoms with Gasteiger partial charge in [-0.1, -0.05) is 24.3 Å². The number of carbonyl (C=O) groups is 1. The Kier molecular flexibility index (Phi) is 4.95. The number of nitrogen functional groups attached to an aromatic ring is 1. The summed E-state index contributed by atoms with van der Waals surface area (Å²) in [5, 5.41) is 2.88. The molecule has 1 amide bonds. The molecule has 100 valence electrons. The lowest BCUT2D eigenvalue weighted by Crippen LogP contribution is -2.13. The fraction of sp³-hybridized carbons (Fsp3) is 0.133. The van der Waals surface area contributed by atoms with Crippen molar-refractivity contribution in [2.24, 2.45) is 0 Å². The molecule has 3 N–H and O–H groups in total. The third-order valence-corrected chi connectivity index (χ3v) is 2.90. The summed E-state index contributed by atoms with van der Waals surface area (Å²) in [7, 11) is 0. The molecule has 0 aliphatic heterocycles. The van der Waals surface area contributed by atoms with Crippen molar-refractivity contribution in [3.8, 4) is 0 Å². The molecule has 0 bridgehead atoms. The van der Waals surface area contributed by atoms with E-state index in [2.05, 4.69) is 5.32 Å². The number of anilines is 2. The van der Waals surface area contributed by atoms with Crippen molar-refractivity contribution in [2.75, 3.05) is 11.1 Å². The van der Waals surface area contributed by atoms with Crippen molar-refractivity contribution in [1.82, 2.24) is 0 Å². The molecule has 0 aliphatic rings. The molecule has 0 radical (unpaired) electrons. The zero-order chi connectivity index (χ0) is 13.1. The molecular weight excluding hydrogens is 260 g/mol. The molecule has 4 heteroatoms. The first-order valence-electron chi connectivity index (χ1n) is 5.81. The minimum atomic E-state index is -0.123. The van der Waals surface area contributed by atoms with Gasteiger partial charge in [0, 0.05) is 16.9 Å². The number of nitrogens with one attached hydrogen (secondary N) is 1. The Morgan fingerprint density at radius 3 is 2.32 bits per heavy atom. The van der Waals surface area contributed by atoms with E-state index in [0.717, 1.165) is 16.8 Å². The third kappa shape index (κ3) is 3.48. The highest BCUT2D eigenvalue weighted by Gasteiger charge is 2.08. The van der Waals surface area contributed by atoms with Crippen LogP contribution >= 0.6 is 12.4 Å². The Labute approximate surface area is 119 Å². The highest BCUT2D eigenvalue weighted by Crippen LogP contribution is 2.22. The number of hydrogen-bond donors (Lipinski definition) is 2. The number of hydrogen-bond acceptors (Lipinski definition) is 2. The lowest BCUT2D eigenvalue weighted by atomic mass is 10.1. The van der Waals surface area contributed by atoms with E-state index in [9.17, 15) is 4.79 Å². The smallest absolute Gasteiger partial charge is 0.255 e. The Bertz CT molecular complexity index is 582. The lowest BCUT2D eigenvalue weighted by Gasteiger charge is -2.11. The average molecular weight is 277 g/mol. The molecule has 2 aromatic rings. The van der Waals surface area contributed by atoms with Crippen LogP contribution in [0.2, 0.25) is 0 Å². The first kappa shape index (κ1) is 15.1. The van der Waals surface area contributed by atoms with Gasteiger partial charge in [-0.2, -0.15) is 0 Å². The highest BCUT2D eigenvalue weighted by molar-refractivity contribution is 6.04. The molecule has 19 heavy (non-hydrogen) atoms. The molecule has 0 aliphatic carbocycles. The Hall–Kier alpha value is -2.00. The van der Waals surface area contributed by atoms with E-state index in [1.807, 2.05) is 38.1 Å². The molecule has 0 aromatic heterocycles. The standard InChI is InChI=1S/C15H16N2O.ClH/c1-10-8-11(2)14(9-13(10)16)17-15(18)12-6-4-3-5-7-12;/h3-9H,16H2,1-2H3,(H,17,18);1H. The van der Waals surface area contributed by atoms with Crippen LogP contribution in [-0.4, -0.2) is 5.91 Å². The lowest BCUT2D eigenvalue weighted by molar-refractivity contribution is 0.102. The maximum Gasteiger partial charge on any atom is 0.255 e. The van der Waals surface area contributed by atoms with Crippen LogP contribution in [0.5, 0.6) is 0 Å². The maximum absolute atomic E-state index is 12.0. The summed E-state index contributed by atoms with van der Waals surface area (Å²) < 4.78 is 0. The number of aryl methyl sites for hydroxylation is 2. The zero-order valence-electron chi connectivity index (χ0n) is 10.9. The van der Waals surface area contributed by atoms with Gasteiger partial charge in [-0.05, 0) is 43.2 Å². The van der Waals surface area contributed by atoms with Crippen LogP contribution < -0.4 is 11.1 Å². The van der Waals surface area contributed by atoms with Gasteiger partial charge in [0.15, 0.2) is 0 Å². The monoisotopic (exact) mass is 276 g/mol. The first-order valence-corrected chi connectivity index (χ1v) is 5.81. The molecule has 0 unspecified atom stereocenters. The predicted octanol–water partition coefficient (Wildman–Crippen LogP) is 3.56.